The Morgan fingerprint density at radius 3 is 2.66 bits per heavy atom. The van der Waals surface area contributed by atoms with Gasteiger partial charge < -0.3 is 20.1 Å². The quantitative estimate of drug-likeness (QED) is 0.716. The third kappa shape index (κ3) is 3.24. The summed E-state index contributed by atoms with van der Waals surface area (Å²) in [6.45, 7) is 1.39. The number of rotatable bonds is 3. The predicted octanol–water partition coefficient (Wildman–Crippen LogP) is 3.21. The summed E-state index contributed by atoms with van der Waals surface area (Å²) in [6, 6.07) is 18.7. The lowest BCUT2D eigenvalue weighted by Crippen LogP contribution is -2.66. The number of amides is 1. The van der Waals surface area contributed by atoms with Crippen LogP contribution in [0.3, 0.4) is 0 Å². The van der Waals surface area contributed by atoms with E-state index in [-0.39, 0.29) is 24.0 Å². The van der Waals surface area contributed by atoms with E-state index in [1.54, 1.807) is 17.0 Å². The van der Waals surface area contributed by atoms with Crippen LogP contribution < -0.4 is 5.32 Å². The van der Waals surface area contributed by atoms with Crippen LogP contribution in [0.4, 0.5) is 10.6 Å². The van der Waals surface area contributed by atoms with Crippen LogP contribution in [0, 0.1) is 0 Å². The van der Waals surface area contributed by atoms with Gasteiger partial charge in [0.15, 0.2) is 5.82 Å². The molecule has 2 aromatic carbocycles. The summed E-state index contributed by atoms with van der Waals surface area (Å²) in [5, 5.41) is 22.0. The Kier molecular flexibility index (Phi) is 4.08. The molecule has 1 amide bonds. The van der Waals surface area contributed by atoms with Crippen LogP contribution in [-0.4, -0.2) is 44.9 Å². The van der Waals surface area contributed by atoms with Gasteiger partial charge in [-0.1, -0.05) is 42.5 Å². The summed E-state index contributed by atoms with van der Waals surface area (Å²) in [6.07, 6.45) is 0.444. The Labute approximate surface area is 168 Å². The van der Waals surface area contributed by atoms with Gasteiger partial charge in [-0.05, 0) is 23.8 Å². The molecule has 2 aliphatic heterocycles. The van der Waals surface area contributed by atoms with Gasteiger partial charge in [0.25, 0.3) is 0 Å². The fraction of sp³-hybridized carbons (Fsp3) is 0.227. The van der Waals surface area contributed by atoms with Gasteiger partial charge >= 0.3 is 6.09 Å². The molecule has 0 unspecified atom stereocenters. The lowest BCUT2D eigenvalue weighted by Gasteiger charge is -2.47. The highest BCUT2D eigenvalue weighted by Gasteiger charge is 2.50. The van der Waals surface area contributed by atoms with Crippen molar-refractivity contribution in [3.8, 4) is 17.0 Å². The van der Waals surface area contributed by atoms with Gasteiger partial charge in [-0.15, -0.1) is 10.2 Å². The lowest BCUT2D eigenvalue weighted by atomic mass is 9.87. The number of para-hydroxylation sites is 1. The van der Waals surface area contributed by atoms with Gasteiger partial charge in [0.1, 0.15) is 12.4 Å². The molecule has 0 aliphatic carbocycles. The first-order valence-electron chi connectivity index (χ1n) is 9.51. The molecule has 0 atom stereocenters. The van der Waals surface area contributed by atoms with Crippen molar-refractivity contribution in [2.24, 2.45) is 0 Å². The van der Waals surface area contributed by atoms with Crippen molar-refractivity contribution >= 4 is 11.9 Å². The molecular weight excluding hydrogens is 368 g/mol. The van der Waals surface area contributed by atoms with Gasteiger partial charge in [-0.2, -0.15) is 0 Å². The van der Waals surface area contributed by atoms with Crippen molar-refractivity contribution in [3.05, 3.63) is 71.8 Å². The number of aromatic nitrogens is 2. The molecular formula is C22H20N4O3. The molecule has 0 saturated carbocycles. The minimum Gasteiger partial charge on any atom is -0.507 e. The molecule has 3 heterocycles. The van der Waals surface area contributed by atoms with Crippen LogP contribution >= 0.6 is 0 Å². The highest BCUT2D eigenvalue weighted by atomic mass is 16.6. The molecule has 0 radical (unpaired) electrons. The van der Waals surface area contributed by atoms with Crippen molar-refractivity contribution in [3.63, 3.8) is 0 Å². The normalized spacial score (nSPS) is 16.1. The summed E-state index contributed by atoms with van der Waals surface area (Å²) >= 11 is 0. The molecule has 1 aromatic heterocycles. The van der Waals surface area contributed by atoms with Crippen LogP contribution in [0.5, 0.6) is 5.75 Å². The number of likely N-dealkylation sites (tertiary alicyclic amines) is 1. The molecule has 1 spiro atoms. The molecule has 2 N–H and O–H groups in total. The number of nitrogens with zero attached hydrogens (tertiary/aromatic N) is 3. The second-order valence-electron chi connectivity index (χ2n) is 7.60. The number of hydrogen-bond acceptors (Lipinski definition) is 6. The van der Waals surface area contributed by atoms with Gasteiger partial charge in [-0.3, -0.25) is 0 Å². The second-order valence-corrected chi connectivity index (χ2v) is 7.60. The standard InChI is InChI=1S/C22H20N4O3/c27-19-9-5-4-8-17(19)18-10-16-11-22(23-20(16)25-24-18)13-26(14-22)21(28)29-12-15-6-2-1-3-7-15/h1-10,27H,11-14H2,(H,23,25). The van der Waals surface area contributed by atoms with Crippen molar-refractivity contribution < 1.29 is 14.6 Å². The molecule has 2 aliphatic rings. The number of benzene rings is 2. The van der Waals surface area contributed by atoms with E-state index in [0.29, 0.717) is 24.3 Å². The van der Waals surface area contributed by atoms with Gasteiger partial charge in [-0.25, -0.2) is 4.79 Å². The molecule has 7 nitrogen and oxygen atoms in total. The Balaban J connectivity index is 1.22. The van der Waals surface area contributed by atoms with Crippen LogP contribution in [0.25, 0.3) is 11.3 Å². The monoisotopic (exact) mass is 388 g/mol. The maximum Gasteiger partial charge on any atom is 0.410 e. The third-order valence-corrected chi connectivity index (χ3v) is 5.42. The summed E-state index contributed by atoms with van der Waals surface area (Å²) in [5.41, 5.74) is 3.08. The fourth-order valence-corrected chi connectivity index (χ4v) is 3.97. The van der Waals surface area contributed by atoms with Crippen LogP contribution in [0.1, 0.15) is 11.1 Å². The van der Waals surface area contributed by atoms with E-state index in [0.717, 1.165) is 23.4 Å². The summed E-state index contributed by atoms with van der Waals surface area (Å²) in [5.74, 6) is 0.917. The molecule has 1 fully saturated rings. The van der Waals surface area contributed by atoms with Crippen molar-refractivity contribution in [2.75, 3.05) is 18.4 Å². The van der Waals surface area contributed by atoms with Crippen molar-refractivity contribution in [2.45, 2.75) is 18.6 Å². The predicted molar refractivity (Wildman–Crippen MR) is 107 cm³/mol. The van der Waals surface area contributed by atoms with E-state index in [4.69, 9.17) is 4.74 Å². The van der Waals surface area contributed by atoms with E-state index in [1.165, 1.54) is 0 Å². The summed E-state index contributed by atoms with van der Waals surface area (Å²) < 4.78 is 5.41. The lowest BCUT2D eigenvalue weighted by molar-refractivity contribution is 0.0456. The van der Waals surface area contributed by atoms with E-state index in [2.05, 4.69) is 15.5 Å². The zero-order valence-electron chi connectivity index (χ0n) is 15.7. The topological polar surface area (TPSA) is 87.6 Å². The van der Waals surface area contributed by atoms with E-state index < -0.39 is 0 Å². The van der Waals surface area contributed by atoms with Crippen molar-refractivity contribution in [1.82, 2.24) is 15.1 Å². The highest BCUT2D eigenvalue weighted by Crippen LogP contribution is 2.39. The number of phenolic OH excluding ortho intramolecular Hbond substituents is 1. The maximum atomic E-state index is 12.3. The number of fused-ring (bicyclic) bond motifs is 1. The Morgan fingerprint density at radius 2 is 1.86 bits per heavy atom. The first-order chi connectivity index (χ1) is 14.1. The Bertz CT molecular complexity index is 1060. The van der Waals surface area contributed by atoms with Gasteiger partial charge in [0.05, 0.1) is 11.2 Å². The first-order valence-corrected chi connectivity index (χ1v) is 9.51. The molecule has 0 bridgehead atoms. The third-order valence-electron chi connectivity index (χ3n) is 5.42. The van der Waals surface area contributed by atoms with E-state index in [9.17, 15) is 9.90 Å². The molecule has 5 rings (SSSR count). The number of phenols is 1. The average Bonchev–Trinajstić information content (AvgIpc) is 3.11. The number of carbonyl (C=O) groups excluding carboxylic acids is 1. The van der Waals surface area contributed by atoms with Gasteiger partial charge in [0.2, 0.25) is 0 Å². The average molecular weight is 388 g/mol. The Hall–Kier alpha value is -3.61. The second kappa shape index (κ2) is 6.77. The first kappa shape index (κ1) is 17.5. The molecule has 7 heteroatoms. The highest BCUT2D eigenvalue weighted by molar-refractivity contribution is 5.72. The van der Waals surface area contributed by atoms with Crippen LogP contribution in [0.2, 0.25) is 0 Å². The largest absolute Gasteiger partial charge is 0.507 e. The Morgan fingerprint density at radius 1 is 1.10 bits per heavy atom. The summed E-state index contributed by atoms with van der Waals surface area (Å²) in [7, 11) is 0. The molecule has 3 aromatic rings. The zero-order chi connectivity index (χ0) is 19.8. The van der Waals surface area contributed by atoms with Crippen molar-refractivity contribution in [1.29, 1.82) is 0 Å². The smallest absolute Gasteiger partial charge is 0.410 e. The number of carbonyl (C=O) groups is 1. The maximum absolute atomic E-state index is 12.3. The number of anilines is 1. The van der Waals surface area contributed by atoms with Crippen LogP contribution in [-0.2, 0) is 17.8 Å². The van der Waals surface area contributed by atoms with Gasteiger partial charge in [0, 0.05) is 30.6 Å². The molecule has 29 heavy (non-hydrogen) atoms. The molecule has 1 saturated heterocycles. The minimum atomic E-state index is -0.307. The SMILES string of the molecule is O=C(OCc1ccccc1)N1CC2(Cc3cc(-c4ccccc4O)nnc3N2)C1. The minimum absolute atomic E-state index is 0.179. The fourth-order valence-electron chi connectivity index (χ4n) is 3.97. The van der Waals surface area contributed by atoms with E-state index in [1.807, 2.05) is 48.5 Å². The van der Waals surface area contributed by atoms with E-state index >= 15 is 0 Å². The summed E-state index contributed by atoms with van der Waals surface area (Å²) in [4.78, 5) is 14.0. The number of ether oxygens (including phenoxy) is 1. The molecule has 146 valence electrons. The van der Waals surface area contributed by atoms with Crippen LogP contribution in [0.15, 0.2) is 60.7 Å². The number of hydrogen-bond donors (Lipinski definition) is 2. The zero-order valence-corrected chi connectivity index (χ0v) is 15.7. The number of nitrogens with one attached hydrogen (secondary N) is 1. The number of aromatic hydroxyl groups is 1.